The summed E-state index contributed by atoms with van der Waals surface area (Å²) in [5.41, 5.74) is 22.1. The van der Waals surface area contributed by atoms with Gasteiger partial charge < -0.3 is 19.4 Å². The molecule has 1 aliphatic heterocycles. The van der Waals surface area contributed by atoms with Gasteiger partial charge in [-0.3, -0.25) is 0 Å². The summed E-state index contributed by atoms with van der Waals surface area (Å²) in [4.78, 5) is 0. The number of hydrogen-bond acceptors (Lipinski definition) is 0. The smallest absolute Gasteiger partial charge is 0.493 e. The topological polar surface area (TPSA) is 25.3 Å². The van der Waals surface area contributed by atoms with Crippen molar-refractivity contribution in [1.29, 1.82) is 0 Å². The van der Waals surface area contributed by atoms with E-state index in [9.17, 15) is 5.53 Å². The molecule has 0 N–H and O–H groups in total. The molecule has 0 spiro atoms. The zero-order chi connectivity index (χ0) is 43.2. The van der Waals surface area contributed by atoms with Crippen molar-refractivity contribution in [2.75, 3.05) is 0 Å². The molecule has 0 fully saturated rings. The van der Waals surface area contributed by atoms with Crippen molar-refractivity contribution in [1.82, 2.24) is 0 Å². The molecule has 60 heavy (non-hydrogen) atoms. The van der Waals surface area contributed by atoms with Crippen molar-refractivity contribution in [3.05, 3.63) is 101 Å². The zero-order valence-corrected chi connectivity index (χ0v) is 41.6. The quantitative estimate of drug-likeness (QED) is 0.0296. The second kappa shape index (κ2) is 41.0. The van der Waals surface area contributed by atoms with Crippen LogP contribution in [0.2, 0.25) is 0 Å². The normalized spacial score (nSPS) is 12.3. The molecule has 0 amide bonds. The molecule has 3 rings (SSSR count). The Balaban J connectivity index is 0.00000468. The Bertz CT molecular complexity index is 1370. The number of aryl methyl sites for hydroxylation is 2. The van der Waals surface area contributed by atoms with Crippen LogP contribution in [0.15, 0.2) is 59.7 Å². The van der Waals surface area contributed by atoms with E-state index in [1.807, 2.05) is 13.8 Å². The van der Waals surface area contributed by atoms with Crippen LogP contribution in [0.4, 0.5) is 0 Å². The summed E-state index contributed by atoms with van der Waals surface area (Å²) in [6, 6.07) is 18.1. The van der Waals surface area contributed by atoms with Crippen LogP contribution in [-0.2, 0) is 29.3 Å². The predicted octanol–water partition coefficient (Wildman–Crippen LogP) is 19.8. The van der Waals surface area contributed by atoms with E-state index in [-0.39, 0.29) is 16.5 Å². The molecule has 1 heterocycles. The van der Waals surface area contributed by atoms with Crippen molar-refractivity contribution in [2.45, 2.75) is 253 Å². The van der Waals surface area contributed by atoms with E-state index in [2.05, 4.69) is 90.1 Å². The molecule has 1 aliphatic rings. The minimum absolute atomic E-state index is 0. The van der Waals surface area contributed by atoms with Gasteiger partial charge in [-0.2, -0.15) is 12.8 Å². The van der Waals surface area contributed by atoms with Gasteiger partial charge in [-0.25, -0.2) is 4.70 Å². The van der Waals surface area contributed by atoms with Gasteiger partial charge in [-0.15, -0.1) is 0 Å². The van der Waals surface area contributed by atoms with E-state index in [4.69, 9.17) is 0 Å². The molecule has 2 nitrogen and oxygen atoms in total. The Morgan fingerprint density at radius 3 is 0.967 bits per heavy atom. The van der Waals surface area contributed by atoms with Crippen molar-refractivity contribution in [3.63, 3.8) is 0 Å². The van der Waals surface area contributed by atoms with Gasteiger partial charge in [0, 0.05) is 22.3 Å². The Morgan fingerprint density at radius 2 is 0.650 bits per heavy atom. The summed E-state index contributed by atoms with van der Waals surface area (Å²) >= 11 is 0. The maximum atomic E-state index is 12.1. The Kier molecular flexibility index (Phi) is 39.7. The molecule has 2 aromatic carbocycles. The number of nitrogens with zero attached hydrogens (tertiary/aromatic N) is 2. The van der Waals surface area contributed by atoms with E-state index < -0.39 is 0 Å². The third-order valence-corrected chi connectivity index (χ3v) is 11.7. The van der Waals surface area contributed by atoms with Crippen molar-refractivity contribution < 1.29 is 21.2 Å². The van der Waals surface area contributed by atoms with Gasteiger partial charge in [0.2, 0.25) is 11.4 Å². The van der Waals surface area contributed by atoms with Gasteiger partial charge in [0.05, 0.1) is 0 Å². The second-order valence-electron chi connectivity index (χ2n) is 17.5. The third-order valence-electron chi connectivity index (χ3n) is 11.7. The first-order valence-corrected chi connectivity index (χ1v) is 25.7. The van der Waals surface area contributed by atoms with Crippen molar-refractivity contribution >= 4 is 11.4 Å². The van der Waals surface area contributed by atoms with Gasteiger partial charge in [-0.1, -0.05) is 213 Å². The van der Waals surface area contributed by atoms with Gasteiger partial charge in [-0.05, 0) is 86.8 Å². The molecular formula is C57H96N2Ni. The van der Waals surface area contributed by atoms with E-state index in [1.54, 1.807) is 4.70 Å². The monoisotopic (exact) mass is 867 g/mol. The van der Waals surface area contributed by atoms with Gasteiger partial charge in [0.15, 0.2) is 0 Å². The molecule has 0 aromatic heterocycles. The van der Waals surface area contributed by atoms with Crippen LogP contribution in [0.5, 0.6) is 0 Å². The molecular weight excluding hydrogens is 771 g/mol. The van der Waals surface area contributed by atoms with Crippen LogP contribution < -0.4 is 0 Å². The molecule has 3 heteroatoms. The fourth-order valence-corrected chi connectivity index (χ4v) is 8.38. The maximum Gasteiger partial charge on any atom is 2.00 e. The van der Waals surface area contributed by atoms with Crippen LogP contribution in [-0.4, -0.2) is 4.70 Å². The number of benzene rings is 2. The van der Waals surface area contributed by atoms with E-state index in [1.165, 1.54) is 194 Å². The SMILES string of the molecule is CCCCCCCCCCCCCCCCCCCCCCCC1=C(c2cccc(CCCC)c2)[N+](=[N-])C(c2cccc(CCCC)c2)=C1CCCC.[CH2-]CC.[CH2-]CC.[Ni+2]. The van der Waals surface area contributed by atoms with Gasteiger partial charge >= 0.3 is 16.5 Å². The van der Waals surface area contributed by atoms with E-state index >= 15 is 0 Å². The van der Waals surface area contributed by atoms with Crippen LogP contribution >= 0.6 is 0 Å². The van der Waals surface area contributed by atoms with Crippen molar-refractivity contribution in [2.24, 2.45) is 0 Å². The molecule has 0 saturated carbocycles. The molecule has 0 radical (unpaired) electrons. The Morgan fingerprint density at radius 1 is 0.383 bits per heavy atom. The van der Waals surface area contributed by atoms with E-state index in [0.29, 0.717) is 0 Å². The number of allylic oxidation sites excluding steroid dienone is 2. The molecule has 0 saturated heterocycles. The fourth-order valence-electron chi connectivity index (χ4n) is 8.38. The largest absolute Gasteiger partial charge is 2.00 e. The van der Waals surface area contributed by atoms with Crippen molar-refractivity contribution in [3.8, 4) is 0 Å². The minimum atomic E-state index is 0. The first kappa shape index (κ1) is 58.0. The van der Waals surface area contributed by atoms with Crippen LogP contribution in [0, 0.1) is 13.8 Å². The zero-order valence-electron chi connectivity index (χ0n) is 40.6. The first-order valence-electron chi connectivity index (χ1n) is 25.7. The predicted molar refractivity (Wildman–Crippen MR) is 266 cm³/mol. The third kappa shape index (κ3) is 25.8. The number of unbranched alkanes of at least 4 members (excludes halogenated alkanes) is 23. The summed E-state index contributed by atoms with van der Waals surface area (Å²) < 4.78 is 1.59. The molecule has 2 aromatic rings. The van der Waals surface area contributed by atoms with Crippen LogP contribution in [0.25, 0.3) is 16.9 Å². The minimum Gasteiger partial charge on any atom is -0.493 e. The van der Waals surface area contributed by atoms with Gasteiger partial charge in [0.1, 0.15) is 0 Å². The average molecular weight is 868 g/mol. The summed E-state index contributed by atoms with van der Waals surface area (Å²) in [5.74, 6) is 0. The summed E-state index contributed by atoms with van der Waals surface area (Å²) in [7, 11) is 0. The van der Waals surface area contributed by atoms with E-state index in [0.717, 1.165) is 62.8 Å². The average Bonchev–Trinajstić information content (AvgIpc) is 3.52. The molecule has 0 unspecified atom stereocenters. The summed E-state index contributed by atoms with van der Waals surface area (Å²) in [6.45, 7) is 20.1. The molecule has 0 atom stereocenters. The van der Waals surface area contributed by atoms with Crippen LogP contribution in [0.1, 0.15) is 263 Å². The van der Waals surface area contributed by atoms with Gasteiger partial charge in [0.25, 0.3) is 0 Å². The maximum absolute atomic E-state index is 12.1. The molecule has 0 bridgehead atoms. The molecule has 0 aliphatic carbocycles. The standard InChI is InChI=1S/C51H82N2.2C3H7.Ni/c1-5-9-13-14-15-16-17-18-19-20-21-22-23-24-25-26-27-28-29-30-31-41-49-48(40-12-8-4)50(46-38-32-36-44(42-46)34-10-6-2)53(52)51(49)47-39-33-37-45(43-47)35-11-7-3;2*1-3-2;/h32-33,36-39,42-43H,5-31,34-35,40-41H2,1-4H3;2*1,3H2,2H3;/q;2*-1;+2. The first-order chi connectivity index (χ1) is 29.0. The molecule has 344 valence electrons. The Hall–Kier alpha value is -1.99. The number of hydrogen-bond donors (Lipinski definition) is 0. The number of rotatable bonds is 33. The second-order valence-corrected chi connectivity index (χ2v) is 17.5. The van der Waals surface area contributed by atoms with Crippen LogP contribution in [0.3, 0.4) is 0 Å². The summed E-state index contributed by atoms with van der Waals surface area (Å²) in [6.07, 6.45) is 43.0. The Labute approximate surface area is 385 Å². The summed E-state index contributed by atoms with van der Waals surface area (Å²) in [5, 5.41) is 0. The fraction of sp³-hybridized carbons (Fsp3) is 0.684.